The fraction of sp³-hybridized carbons (Fsp3) is 0.0556. The van der Waals surface area contributed by atoms with Crippen LogP contribution in [0.1, 0.15) is 25.7 Å². The predicted octanol–water partition coefficient (Wildman–Crippen LogP) is 4.26. The molecule has 2 amide bonds. The molecule has 0 atom stereocenters. The summed E-state index contributed by atoms with van der Waals surface area (Å²) in [5.41, 5.74) is 2.60. The minimum atomic E-state index is -0.268. The van der Waals surface area contributed by atoms with Gasteiger partial charge in [-0.15, -0.1) is 11.3 Å². The number of carbonyl (C=O) groups is 2. The molecule has 0 N–H and O–H groups in total. The largest absolute Gasteiger partial charge is 0.269 e. The number of halogens is 1. The van der Waals surface area contributed by atoms with Crippen molar-refractivity contribution in [2.75, 3.05) is 0 Å². The lowest BCUT2D eigenvalue weighted by molar-refractivity contribution is 0.0642. The molecule has 6 heteroatoms. The summed E-state index contributed by atoms with van der Waals surface area (Å²) in [5, 5.41) is 3.25. The molecule has 24 heavy (non-hydrogen) atoms. The van der Waals surface area contributed by atoms with Crippen molar-refractivity contribution in [2.24, 2.45) is 0 Å². The van der Waals surface area contributed by atoms with Gasteiger partial charge in [0.2, 0.25) is 0 Å². The van der Waals surface area contributed by atoms with Gasteiger partial charge in [-0.25, -0.2) is 4.98 Å². The van der Waals surface area contributed by atoms with Gasteiger partial charge in [0.25, 0.3) is 11.8 Å². The summed E-state index contributed by atoms with van der Waals surface area (Å²) in [4.78, 5) is 30.6. The van der Waals surface area contributed by atoms with Crippen LogP contribution in [0.3, 0.4) is 0 Å². The third kappa shape index (κ3) is 2.52. The SMILES string of the molecule is O=C1c2ccccc2C(=O)N1Cc1nc(-c2cccc(Cl)c2)cs1. The van der Waals surface area contributed by atoms with E-state index in [-0.39, 0.29) is 18.4 Å². The maximum absolute atomic E-state index is 12.4. The molecular formula is C18H11ClN2O2S. The quantitative estimate of drug-likeness (QED) is 0.660. The normalized spacial score (nSPS) is 13.5. The molecule has 0 spiro atoms. The van der Waals surface area contributed by atoms with Gasteiger partial charge in [-0.2, -0.15) is 0 Å². The van der Waals surface area contributed by atoms with Crippen LogP contribution in [0.4, 0.5) is 0 Å². The number of imide groups is 1. The zero-order valence-electron chi connectivity index (χ0n) is 12.4. The number of rotatable bonds is 3. The first-order valence-electron chi connectivity index (χ1n) is 7.29. The Kier molecular flexibility index (Phi) is 3.67. The van der Waals surface area contributed by atoms with E-state index in [0.717, 1.165) is 11.3 Å². The van der Waals surface area contributed by atoms with Crippen LogP contribution in [0.25, 0.3) is 11.3 Å². The zero-order chi connectivity index (χ0) is 16.7. The highest BCUT2D eigenvalue weighted by Gasteiger charge is 2.35. The third-order valence-electron chi connectivity index (χ3n) is 3.84. The van der Waals surface area contributed by atoms with Crippen molar-refractivity contribution < 1.29 is 9.59 Å². The van der Waals surface area contributed by atoms with Gasteiger partial charge in [-0.05, 0) is 24.3 Å². The molecule has 0 bridgehead atoms. The van der Waals surface area contributed by atoms with Gasteiger partial charge >= 0.3 is 0 Å². The first-order valence-corrected chi connectivity index (χ1v) is 8.55. The van der Waals surface area contributed by atoms with E-state index in [2.05, 4.69) is 4.98 Å². The van der Waals surface area contributed by atoms with Gasteiger partial charge in [0.15, 0.2) is 0 Å². The Morgan fingerprint density at radius 3 is 2.38 bits per heavy atom. The topological polar surface area (TPSA) is 50.3 Å². The molecule has 118 valence electrons. The van der Waals surface area contributed by atoms with Crippen LogP contribution in [-0.4, -0.2) is 21.7 Å². The van der Waals surface area contributed by atoms with E-state index in [0.29, 0.717) is 21.2 Å². The molecule has 0 saturated carbocycles. The first kappa shape index (κ1) is 15.1. The van der Waals surface area contributed by atoms with Crippen LogP contribution in [-0.2, 0) is 6.54 Å². The molecule has 0 saturated heterocycles. The molecule has 0 radical (unpaired) electrons. The number of thiazole rings is 1. The van der Waals surface area contributed by atoms with Crippen LogP contribution < -0.4 is 0 Å². The summed E-state index contributed by atoms with van der Waals surface area (Å²) in [5.74, 6) is -0.537. The monoisotopic (exact) mass is 354 g/mol. The van der Waals surface area contributed by atoms with E-state index >= 15 is 0 Å². The molecule has 2 aromatic carbocycles. The molecule has 1 aliphatic heterocycles. The Morgan fingerprint density at radius 2 is 1.71 bits per heavy atom. The molecule has 2 heterocycles. The van der Waals surface area contributed by atoms with Crippen LogP contribution >= 0.6 is 22.9 Å². The van der Waals surface area contributed by atoms with Crippen molar-refractivity contribution in [2.45, 2.75) is 6.54 Å². The van der Waals surface area contributed by atoms with Gasteiger partial charge in [0.05, 0.1) is 23.4 Å². The second-order valence-corrected chi connectivity index (χ2v) is 6.76. The van der Waals surface area contributed by atoms with Gasteiger partial charge < -0.3 is 0 Å². The first-order chi connectivity index (χ1) is 11.6. The van der Waals surface area contributed by atoms with Crippen molar-refractivity contribution >= 4 is 34.8 Å². The van der Waals surface area contributed by atoms with Crippen LogP contribution in [0.2, 0.25) is 5.02 Å². The lowest BCUT2D eigenvalue weighted by Crippen LogP contribution is -2.29. The minimum Gasteiger partial charge on any atom is -0.269 e. The average Bonchev–Trinajstić information content (AvgIpc) is 3.15. The van der Waals surface area contributed by atoms with Gasteiger partial charge in [0, 0.05) is 16.0 Å². The lowest BCUT2D eigenvalue weighted by atomic mass is 10.1. The van der Waals surface area contributed by atoms with Gasteiger partial charge in [0.1, 0.15) is 5.01 Å². The second kappa shape index (κ2) is 5.85. The number of aromatic nitrogens is 1. The van der Waals surface area contributed by atoms with E-state index in [1.54, 1.807) is 30.3 Å². The van der Waals surface area contributed by atoms with Crippen molar-refractivity contribution in [3.63, 3.8) is 0 Å². The van der Waals surface area contributed by atoms with Gasteiger partial charge in [-0.1, -0.05) is 35.9 Å². The summed E-state index contributed by atoms with van der Waals surface area (Å²) in [6.45, 7) is 0.178. The Morgan fingerprint density at radius 1 is 1.00 bits per heavy atom. The van der Waals surface area contributed by atoms with Crippen molar-refractivity contribution in [3.05, 3.63) is 75.1 Å². The molecule has 4 nitrogen and oxygen atoms in total. The van der Waals surface area contributed by atoms with Crippen LogP contribution in [0.5, 0.6) is 0 Å². The fourth-order valence-electron chi connectivity index (χ4n) is 2.68. The van der Waals surface area contributed by atoms with Crippen LogP contribution in [0, 0.1) is 0 Å². The molecule has 1 aliphatic rings. The Labute approximate surface area is 147 Å². The second-order valence-electron chi connectivity index (χ2n) is 5.38. The number of hydrogen-bond acceptors (Lipinski definition) is 4. The molecule has 1 aromatic heterocycles. The summed E-state index contributed by atoms with van der Waals surface area (Å²) < 4.78 is 0. The summed E-state index contributed by atoms with van der Waals surface area (Å²) in [6.07, 6.45) is 0. The number of carbonyl (C=O) groups excluding carboxylic acids is 2. The van der Waals surface area contributed by atoms with E-state index in [1.807, 2.05) is 23.6 Å². The number of fused-ring (bicyclic) bond motifs is 1. The molecule has 0 fully saturated rings. The highest BCUT2D eigenvalue weighted by molar-refractivity contribution is 7.10. The Bertz CT molecular complexity index is 932. The molecule has 4 rings (SSSR count). The molecular weight excluding hydrogens is 344 g/mol. The number of amides is 2. The van der Waals surface area contributed by atoms with Crippen molar-refractivity contribution in [1.82, 2.24) is 9.88 Å². The molecule has 0 aliphatic carbocycles. The summed E-state index contributed by atoms with van der Waals surface area (Å²) in [6, 6.07) is 14.3. The lowest BCUT2D eigenvalue weighted by Gasteiger charge is -2.11. The summed E-state index contributed by atoms with van der Waals surface area (Å²) >= 11 is 7.43. The predicted molar refractivity (Wildman–Crippen MR) is 93.2 cm³/mol. The zero-order valence-corrected chi connectivity index (χ0v) is 14.0. The Balaban J connectivity index is 1.59. The number of nitrogens with zero attached hydrogens (tertiary/aromatic N) is 2. The van der Waals surface area contributed by atoms with E-state index in [4.69, 9.17) is 11.6 Å². The highest BCUT2D eigenvalue weighted by atomic mass is 35.5. The average molecular weight is 355 g/mol. The highest BCUT2D eigenvalue weighted by Crippen LogP contribution is 2.28. The van der Waals surface area contributed by atoms with Crippen molar-refractivity contribution in [1.29, 1.82) is 0 Å². The fourth-order valence-corrected chi connectivity index (χ4v) is 3.66. The number of benzene rings is 2. The third-order valence-corrected chi connectivity index (χ3v) is 4.91. The van der Waals surface area contributed by atoms with E-state index in [9.17, 15) is 9.59 Å². The van der Waals surface area contributed by atoms with Crippen molar-refractivity contribution in [3.8, 4) is 11.3 Å². The van der Waals surface area contributed by atoms with Gasteiger partial charge in [-0.3, -0.25) is 14.5 Å². The molecule has 0 unspecified atom stereocenters. The summed E-state index contributed by atoms with van der Waals surface area (Å²) in [7, 11) is 0. The number of hydrogen-bond donors (Lipinski definition) is 0. The van der Waals surface area contributed by atoms with Crippen LogP contribution in [0.15, 0.2) is 53.9 Å². The van der Waals surface area contributed by atoms with E-state index in [1.165, 1.54) is 16.2 Å². The maximum atomic E-state index is 12.4. The maximum Gasteiger partial charge on any atom is 0.261 e. The van der Waals surface area contributed by atoms with E-state index < -0.39 is 0 Å². The minimum absolute atomic E-state index is 0.178. The standard InChI is InChI=1S/C18H11ClN2O2S/c19-12-5-3-4-11(8-12)15-10-24-16(20-15)9-21-17(22)13-6-1-2-7-14(13)18(21)23/h1-8,10H,9H2. The molecule has 3 aromatic rings. The Hall–Kier alpha value is -2.50. The smallest absolute Gasteiger partial charge is 0.261 e.